The van der Waals surface area contributed by atoms with E-state index in [0.29, 0.717) is 0 Å². The van der Waals surface area contributed by atoms with Gasteiger partial charge in [-0.15, -0.1) is 0 Å². The summed E-state index contributed by atoms with van der Waals surface area (Å²) in [7, 11) is 1.60. The third kappa shape index (κ3) is 2.54. The van der Waals surface area contributed by atoms with E-state index in [4.69, 9.17) is 4.74 Å². The number of hydrogen-bond acceptors (Lipinski definition) is 1. The van der Waals surface area contributed by atoms with Crippen LogP contribution in [0.15, 0.2) is 83.3 Å². The van der Waals surface area contributed by atoms with Gasteiger partial charge in [0.15, 0.2) is 9.60 Å². The third-order valence-electron chi connectivity index (χ3n) is 4.08. The quantitative estimate of drug-likeness (QED) is 0.338. The van der Waals surface area contributed by atoms with Crippen LogP contribution in [0.3, 0.4) is 0 Å². The maximum Gasteiger partial charge on any atom is 0.201 e. The average molecular weight is 396 g/mol. The summed E-state index contributed by atoms with van der Waals surface area (Å²) in [6.45, 7) is 0. The van der Waals surface area contributed by atoms with Crippen LogP contribution in [0.2, 0.25) is 0 Å². The Labute approximate surface area is 152 Å². The first kappa shape index (κ1) is 15.4. The summed E-state index contributed by atoms with van der Waals surface area (Å²) in [5.74, 6) is 0.880. The second-order valence-corrected chi connectivity index (χ2v) is 8.21. The van der Waals surface area contributed by atoms with E-state index in [1.54, 1.807) is 7.11 Å². The van der Waals surface area contributed by atoms with Gasteiger partial charge in [-0.25, -0.2) is 0 Å². The van der Waals surface area contributed by atoms with Gasteiger partial charge in [-0.05, 0) is 64.5 Å². The lowest BCUT2D eigenvalue weighted by molar-refractivity contribution is 0.415. The molecule has 0 N–H and O–H groups in total. The highest BCUT2D eigenvalue weighted by Gasteiger charge is 2.29. The highest BCUT2D eigenvalue weighted by Crippen LogP contribution is 2.53. The molecule has 24 heavy (non-hydrogen) atoms. The Morgan fingerprint density at radius 3 is 2.17 bits per heavy atom. The molecule has 0 aliphatic heterocycles. The summed E-state index contributed by atoms with van der Waals surface area (Å²) in [4.78, 5) is 2.68. The van der Waals surface area contributed by atoms with Gasteiger partial charge in [-0.1, -0.05) is 30.3 Å². The molecule has 3 heteroatoms. The summed E-state index contributed by atoms with van der Waals surface area (Å²) in [5.41, 5.74) is 1.23. The van der Waals surface area contributed by atoms with Gasteiger partial charge in [0, 0.05) is 16.0 Å². The molecule has 0 aliphatic rings. The van der Waals surface area contributed by atoms with Gasteiger partial charge in [0.1, 0.15) is 5.75 Å². The lowest BCUT2D eigenvalue weighted by atomic mass is 10.1. The van der Waals surface area contributed by atoms with Gasteiger partial charge in [-0.2, -0.15) is 0 Å². The first-order chi connectivity index (χ1) is 11.8. The van der Waals surface area contributed by atoms with E-state index < -0.39 is 0 Å². The standard InChI is InChI=1S/C21H16BrOS/c1-23-16-13-11-15(12-14-16)21-20(22)18-9-5-6-10-19(18)24(21)17-7-3-2-4-8-17/h2-14H,1H3/q+1. The van der Waals surface area contributed by atoms with Crippen molar-refractivity contribution in [1.29, 1.82) is 0 Å². The van der Waals surface area contributed by atoms with Crippen molar-refractivity contribution in [3.05, 3.63) is 83.3 Å². The van der Waals surface area contributed by atoms with Crippen LogP contribution in [0.25, 0.3) is 25.4 Å². The molecule has 0 fully saturated rings. The number of ether oxygens (including phenoxy) is 1. The smallest absolute Gasteiger partial charge is 0.201 e. The molecule has 1 nitrogen and oxygen atoms in total. The Balaban J connectivity index is 2.05. The van der Waals surface area contributed by atoms with Gasteiger partial charge in [-0.3, -0.25) is 0 Å². The van der Waals surface area contributed by atoms with Crippen LogP contribution in [0.4, 0.5) is 0 Å². The van der Waals surface area contributed by atoms with E-state index in [2.05, 4.69) is 82.7 Å². The number of fused-ring (bicyclic) bond motifs is 1. The van der Waals surface area contributed by atoms with Crippen LogP contribution in [0.1, 0.15) is 0 Å². The molecule has 1 atom stereocenters. The fourth-order valence-corrected chi connectivity index (χ4v) is 6.53. The minimum atomic E-state index is -0.101. The average Bonchev–Trinajstić information content (AvgIpc) is 2.95. The zero-order chi connectivity index (χ0) is 16.5. The number of hydrogen-bond donors (Lipinski definition) is 0. The minimum absolute atomic E-state index is 0.101. The van der Waals surface area contributed by atoms with Crippen LogP contribution < -0.4 is 4.74 Å². The minimum Gasteiger partial charge on any atom is -0.497 e. The molecule has 118 valence electrons. The maximum absolute atomic E-state index is 5.31. The largest absolute Gasteiger partial charge is 0.497 e. The van der Waals surface area contributed by atoms with Crippen LogP contribution in [-0.4, -0.2) is 7.11 Å². The van der Waals surface area contributed by atoms with Crippen molar-refractivity contribution < 1.29 is 4.74 Å². The fraction of sp³-hybridized carbons (Fsp3) is 0.0476. The Hall–Kier alpha value is -2.10. The van der Waals surface area contributed by atoms with Crippen LogP contribution >= 0.6 is 26.4 Å². The van der Waals surface area contributed by atoms with Crippen molar-refractivity contribution in [2.75, 3.05) is 7.11 Å². The summed E-state index contributed by atoms with van der Waals surface area (Å²) in [6, 6.07) is 27.7. The lowest BCUT2D eigenvalue weighted by Gasteiger charge is -2.02. The predicted octanol–water partition coefficient (Wildman–Crippen LogP) is 7.02. The van der Waals surface area contributed by atoms with E-state index >= 15 is 0 Å². The number of rotatable bonds is 3. The summed E-state index contributed by atoms with van der Waals surface area (Å²) >= 11 is 3.87. The zero-order valence-corrected chi connectivity index (χ0v) is 15.6. The van der Waals surface area contributed by atoms with E-state index in [1.165, 1.54) is 29.9 Å². The van der Waals surface area contributed by atoms with Crippen molar-refractivity contribution in [2.24, 2.45) is 0 Å². The summed E-state index contributed by atoms with van der Waals surface area (Å²) in [6.07, 6.45) is 0. The molecule has 4 rings (SSSR count). The highest BCUT2D eigenvalue weighted by molar-refractivity contribution is 9.10. The van der Waals surface area contributed by atoms with Crippen LogP contribution in [0.5, 0.6) is 5.75 Å². The van der Waals surface area contributed by atoms with Crippen LogP contribution in [0, 0.1) is 0 Å². The highest BCUT2D eigenvalue weighted by atomic mass is 79.9. The monoisotopic (exact) mass is 395 g/mol. The Kier molecular flexibility index (Phi) is 4.13. The maximum atomic E-state index is 5.31. The summed E-state index contributed by atoms with van der Waals surface area (Å²) < 4.78 is 7.87. The first-order valence-electron chi connectivity index (χ1n) is 7.72. The Morgan fingerprint density at radius 2 is 1.46 bits per heavy atom. The number of methoxy groups -OCH3 is 1. The second-order valence-electron chi connectivity index (χ2n) is 5.49. The van der Waals surface area contributed by atoms with Crippen molar-refractivity contribution in [2.45, 2.75) is 0 Å². The second kappa shape index (κ2) is 6.42. The van der Waals surface area contributed by atoms with Gasteiger partial charge >= 0.3 is 0 Å². The van der Waals surface area contributed by atoms with Gasteiger partial charge < -0.3 is 4.74 Å². The molecule has 1 aromatic heterocycles. The topological polar surface area (TPSA) is 9.23 Å². The van der Waals surface area contributed by atoms with E-state index in [0.717, 1.165) is 5.75 Å². The first-order valence-corrected chi connectivity index (χ1v) is 9.74. The molecular weight excluding hydrogens is 380 g/mol. The normalized spacial score (nSPS) is 11.7. The molecule has 0 saturated carbocycles. The molecule has 0 saturated heterocycles. The van der Waals surface area contributed by atoms with E-state index in [-0.39, 0.29) is 10.5 Å². The van der Waals surface area contributed by atoms with Crippen molar-refractivity contribution in [1.82, 2.24) is 0 Å². The van der Waals surface area contributed by atoms with Gasteiger partial charge in [0.25, 0.3) is 0 Å². The van der Waals surface area contributed by atoms with Gasteiger partial charge in [0.2, 0.25) is 4.88 Å². The lowest BCUT2D eigenvalue weighted by Crippen LogP contribution is -1.82. The van der Waals surface area contributed by atoms with Gasteiger partial charge in [0.05, 0.1) is 17.0 Å². The number of benzene rings is 3. The molecular formula is C21H16BrOS+. The molecule has 0 bridgehead atoms. The predicted molar refractivity (Wildman–Crippen MR) is 107 cm³/mol. The molecule has 0 spiro atoms. The molecule has 0 aliphatic carbocycles. The molecule has 0 radical (unpaired) electrons. The van der Waals surface area contributed by atoms with Crippen LogP contribution in [-0.2, 0) is 0 Å². The van der Waals surface area contributed by atoms with E-state index in [1.807, 2.05) is 12.1 Å². The fourth-order valence-electron chi connectivity index (χ4n) is 2.94. The SMILES string of the molecule is COc1ccc(-c2c(Br)c3ccccc3[s+]2-c2ccccc2)cc1. The number of thiophene rings is 1. The molecule has 4 aromatic rings. The van der Waals surface area contributed by atoms with E-state index in [9.17, 15) is 0 Å². The Bertz CT molecular complexity index is 988. The molecule has 0 amide bonds. The zero-order valence-electron chi connectivity index (χ0n) is 13.2. The molecule has 3 aromatic carbocycles. The number of halogens is 1. The van der Waals surface area contributed by atoms with Crippen molar-refractivity contribution in [3.8, 4) is 21.1 Å². The molecule has 1 unspecified atom stereocenters. The van der Waals surface area contributed by atoms with Crippen molar-refractivity contribution in [3.63, 3.8) is 0 Å². The third-order valence-corrected chi connectivity index (χ3v) is 7.55. The van der Waals surface area contributed by atoms with Crippen molar-refractivity contribution >= 4 is 36.5 Å². The Morgan fingerprint density at radius 1 is 0.792 bits per heavy atom. The molecule has 1 heterocycles. The summed E-state index contributed by atoms with van der Waals surface area (Å²) in [5, 5.41) is 1.29.